The molecule has 1 N–H and O–H groups in total. The molecule has 0 aliphatic heterocycles. The number of nitrogens with one attached hydrogen (secondary N) is 1. The van der Waals surface area contributed by atoms with Crippen molar-refractivity contribution < 1.29 is 0 Å². The molecule has 0 aliphatic carbocycles. The zero-order valence-electron chi connectivity index (χ0n) is 9.85. The molecular formula is C13H15BrN2S. The van der Waals surface area contributed by atoms with Gasteiger partial charge in [-0.3, -0.25) is 4.98 Å². The number of rotatable bonds is 4. The highest BCUT2D eigenvalue weighted by atomic mass is 79.9. The van der Waals surface area contributed by atoms with E-state index in [1.54, 1.807) is 11.3 Å². The maximum Gasteiger partial charge on any atom is 0.0505 e. The monoisotopic (exact) mass is 310 g/mol. The van der Waals surface area contributed by atoms with Gasteiger partial charge in [-0.25, -0.2) is 0 Å². The summed E-state index contributed by atoms with van der Waals surface area (Å²) >= 11 is 5.37. The molecule has 4 heteroatoms. The minimum absolute atomic E-state index is 0.291. The first kappa shape index (κ1) is 12.7. The summed E-state index contributed by atoms with van der Waals surface area (Å²) in [6.45, 7) is 2.20. The van der Waals surface area contributed by atoms with E-state index < -0.39 is 0 Å². The van der Waals surface area contributed by atoms with E-state index in [0.29, 0.717) is 12.0 Å². The van der Waals surface area contributed by atoms with Crippen molar-refractivity contribution in [2.24, 2.45) is 0 Å². The maximum absolute atomic E-state index is 4.44. The Hall–Kier alpha value is -0.710. The van der Waals surface area contributed by atoms with Gasteiger partial charge in [0.2, 0.25) is 0 Å². The number of hydrogen-bond donors (Lipinski definition) is 1. The summed E-state index contributed by atoms with van der Waals surface area (Å²) in [7, 11) is 2.00. The van der Waals surface area contributed by atoms with E-state index in [1.165, 1.54) is 9.35 Å². The van der Waals surface area contributed by atoms with E-state index in [4.69, 9.17) is 0 Å². The fraction of sp³-hybridized carbons (Fsp3) is 0.308. The number of hydrogen-bond acceptors (Lipinski definition) is 3. The van der Waals surface area contributed by atoms with E-state index in [0.717, 1.165) is 5.69 Å². The molecule has 0 bridgehead atoms. The third-order valence-electron chi connectivity index (χ3n) is 2.89. The van der Waals surface area contributed by atoms with Crippen LogP contribution in [0.25, 0.3) is 0 Å². The van der Waals surface area contributed by atoms with Crippen LogP contribution in [0.15, 0.2) is 40.3 Å². The van der Waals surface area contributed by atoms with Crippen molar-refractivity contribution in [1.29, 1.82) is 0 Å². The van der Waals surface area contributed by atoms with Crippen LogP contribution in [0, 0.1) is 0 Å². The van der Waals surface area contributed by atoms with Crippen molar-refractivity contribution in [3.8, 4) is 0 Å². The molecule has 90 valence electrons. The molecule has 0 radical (unpaired) electrons. The number of likely N-dealkylation sites (N-methyl/N-ethyl adjacent to an activating group) is 1. The van der Waals surface area contributed by atoms with Crippen LogP contribution < -0.4 is 5.32 Å². The molecule has 0 aliphatic rings. The Morgan fingerprint density at radius 1 is 1.35 bits per heavy atom. The van der Waals surface area contributed by atoms with Crippen molar-refractivity contribution in [3.63, 3.8) is 0 Å². The Kier molecular flexibility index (Phi) is 4.31. The molecule has 2 unspecified atom stereocenters. The Labute approximate surface area is 114 Å². The second-order valence-electron chi connectivity index (χ2n) is 3.94. The molecular weight excluding hydrogens is 296 g/mol. The third kappa shape index (κ3) is 2.76. The summed E-state index contributed by atoms with van der Waals surface area (Å²) in [4.78, 5) is 5.76. The minimum Gasteiger partial charge on any atom is -0.312 e. The van der Waals surface area contributed by atoms with Gasteiger partial charge in [-0.05, 0) is 46.6 Å². The molecule has 2 rings (SSSR count). The molecule has 2 heterocycles. The second kappa shape index (κ2) is 5.76. The molecule has 2 atom stereocenters. The predicted molar refractivity (Wildman–Crippen MR) is 76.5 cm³/mol. The van der Waals surface area contributed by atoms with Gasteiger partial charge < -0.3 is 5.32 Å². The van der Waals surface area contributed by atoms with Gasteiger partial charge in [-0.15, -0.1) is 11.3 Å². The van der Waals surface area contributed by atoms with E-state index in [9.17, 15) is 0 Å². The summed E-state index contributed by atoms with van der Waals surface area (Å²) in [6.07, 6.45) is 1.85. The molecule has 0 spiro atoms. The highest BCUT2D eigenvalue weighted by Gasteiger charge is 2.22. The van der Waals surface area contributed by atoms with Crippen molar-refractivity contribution in [2.45, 2.75) is 18.9 Å². The highest BCUT2D eigenvalue weighted by Crippen LogP contribution is 2.36. The molecule has 0 amide bonds. The van der Waals surface area contributed by atoms with Crippen molar-refractivity contribution >= 4 is 27.3 Å². The van der Waals surface area contributed by atoms with Crippen LogP contribution in [0.3, 0.4) is 0 Å². The summed E-state index contributed by atoms with van der Waals surface area (Å²) in [5, 5.41) is 5.49. The van der Waals surface area contributed by atoms with Crippen LogP contribution in [0.4, 0.5) is 0 Å². The molecule has 2 aromatic rings. The first-order valence-electron chi connectivity index (χ1n) is 5.55. The molecule has 17 heavy (non-hydrogen) atoms. The van der Waals surface area contributed by atoms with Crippen LogP contribution in [0.1, 0.15) is 29.5 Å². The van der Waals surface area contributed by atoms with Crippen molar-refractivity contribution in [3.05, 3.63) is 50.9 Å². The summed E-state index contributed by atoms with van der Waals surface area (Å²) < 4.78 is 1.17. The fourth-order valence-corrected chi connectivity index (χ4v) is 3.79. The Balaban J connectivity index is 2.28. The first-order valence-corrected chi connectivity index (χ1v) is 7.22. The quantitative estimate of drug-likeness (QED) is 0.924. The number of halogens is 1. The average molecular weight is 311 g/mol. The first-order chi connectivity index (χ1) is 8.24. The van der Waals surface area contributed by atoms with Gasteiger partial charge in [0.15, 0.2) is 0 Å². The number of pyridine rings is 1. The van der Waals surface area contributed by atoms with Crippen LogP contribution >= 0.6 is 27.3 Å². The van der Waals surface area contributed by atoms with Crippen molar-refractivity contribution in [2.75, 3.05) is 7.05 Å². The molecule has 0 saturated carbocycles. The Morgan fingerprint density at radius 3 is 2.71 bits per heavy atom. The van der Waals surface area contributed by atoms with Crippen LogP contribution in [-0.4, -0.2) is 12.0 Å². The highest BCUT2D eigenvalue weighted by molar-refractivity contribution is 9.10. The van der Waals surface area contributed by atoms with Gasteiger partial charge in [0.1, 0.15) is 0 Å². The zero-order valence-corrected chi connectivity index (χ0v) is 12.3. The molecule has 0 aromatic carbocycles. The Morgan fingerprint density at radius 2 is 2.18 bits per heavy atom. The number of aromatic nitrogens is 1. The second-order valence-corrected chi connectivity index (χ2v) is 5.74. The Bertz CT molecular complexity index is 469. The maximum atomic E-state index is 4.44. The predicted octanol–water partition coefficient (Wildman–Crippen LogP) is 3.97. The molecule has 2 nitrogen and oxygen atoms in total. The molecule has 0 saturated heterocycles. The average Bonchev–Trinajstić information content (AvgIpc) is 2.78. The SMILES string of the molecule is CNC(c1sccc1Br)C(C)c1ccccn1. The van der Waals surface area contributed by atoms with Gasteiger partial charge >= 0.3 is 0 Å². The van der Waals surface area contributed by atoms with Crippen molar-refractivity contribution in [1.82, 2.24) is 10.3 Å². The van der Waals surface area contributed by atoms with Crippen LogP contribution in [-0.2, 0) is 0 Å². The molecule has 0 fully saturated rings. The van der Waals surface area contributed by atoms with E-state index in [2.05, 4.69) is 50.7 Å². The van der Waals surface area contributed by atoms with Gasteiger partial charge in [0.05, 0.1) is 6.04 Å². The van der Waals surface area contributed by atoms with E-state index in [1.807, 2.05) is 25.4 Å². The van der Waals surface area contributed by atoms with Gasteiger partial charge in [-0.1, -0.05) is 13.0 Å². The largest absolute Gasteiger partial charge is 0.312 e. The third-order valence-corrected chi connectivity index (χ3v) is 4.85. The smallest absolute Gasteiger partial charge is 0.0505 e. The summed E-state index contributed by atoms with van der Waals surface area (Å²) in [5.41, 5.74) is 1.12. The van der Waals surface area contributed by atoms with Crippen LogP contribution in [0.5, 0.6) is 0 Å². The zero-order chi connectivity index (χ0) is 12.3. The normalized spacial score (nSPS) is 14.5. The number of nitrogens with zero attached hydrogens (tertiary/aromatic N) is 1. The summed E-state index contributed by atoms with van der Waals surface area (Å²) in [6, 6.07) is 8.45. The lowest BCUT2D eigenvalue weighted by molar-refractivity contribution is 0.505. The fourth-order valence-electron chi connectivity index (χ4n) is 1.95. The lowest BCUT2D eigenvalue weighted by Gasteiger charge is -2.22. The van der Waals surface area contributed by atoms with Gasteiger partial charge in [-0.2, -0.15) is 0 Å². The summed E-state index contributed by atoms with van der Waals surface area (Å²) in [5.74, 6) is 0.344. The van der Waals surface area contributed by atoms with Crippen LogP contribution in [0.2, 0.25) is 0 Å². The lowest BCUT2D eigenvalue weighted by atomic mass is 9.96. The minimum atomic E-state index is 0.291. The van der Waals surface area contributed by atoms with Gasteiger partial charge in [0.25, 0.3) is 0 Å². The lowest BCUT2D eigenvalue weighted by Crippen LogP contribution is -2.22. The van der Waals surface area contributed by atoms with E-state index in [-0.39, 0.29) is 0 Å². The topological polar surface area (TPSA) is 24.9 Å². The number of thiophene rings is 1. The van der Waals surface area contributed by atoms with Gasteiger partial charge in [0, 0.05) is 27.2 Å². The standard InChI is InChI=1S/C13H15BrN2S/c1-9(11-5-3-4-7-16-11)12(15-2)13-10(14)6-8-17-13/h3-9,12,15H,1-2H3. The van der Waals surface area contributed by atoms with E-state index >= 15 is 0 Å². The molecule has 2 aromatic heterocycles.